The molecule has 0 radical (unpaired) electrons. The maximum Gasteiger partial charge on any atom is 0.387 e. The Labute approximate surface area is 489 Å². The van der Waals surface area contributed by atoms with Gasteiger partial charge in [-0.2, -0.15) is 17.6 Å². The minimum atomic E-state index is -2.82. The van der Waals surface area contributed by atoms with Gasteiger partial charge in [-0.1, -0.05) is 118 Å². The van der Waals surface area contributed by atoms with Gasteiger partial charge < -0.3 is 14.2 Å². The molecule has 3 nitrogen and oxygen atoms in total. The van der Waals surface area contributed by atoms with Crippen LogP contribution >= 0.6 is 15.9 Å². The lowest BCUT2D eigenvalue weighted by Gasteiger charge is -2.38. The summed E-state index contributed by atoms with van der Waals surface area (Å²) in [4.78, 5) is 0. The smallest absolute Gasteiger partial charge is 0.387 e. The molecule has 4 fully saturated rings. The van der Waals surface area contributed by atoms with Crippen LogP contribution in [0.1, 0.15) is 169 Å². The van der Waals surface area contributed by atoms with Gasteiger partial charge in [0.25, 0.3) is 0 Å². The molecule has 5 aromatic rings. The normalized spacial score (nSPS) is 19.6. The van der Waals surface area contributed by atoms with Gasteiger partial charge in [0.05, 0.1) is 20.0 Å². The fourth-order valence-corrected chi connectivity index (χ4v) is 16.9. The van der Waals surface area contributed by atoms with Gasteiger partial charge in [0.15, 0.2) is 0 Å². The molecule has 0 atom stereocenters. The summed E-state index contributed by atoms with van der Waals surface area (Å²) < 4.78 is 98.5. The molecule has 436 valence electrons. The summed E-state index contributed by atoms with van der Waals surface area (Å²) in [6.45, 7) is 9.99. The van der Waals surface area contributed by atoms with Crippen LogP contribution in [0.15, 0.2) is 126 Å². The van der Waals surface area contributed by atoms with E-state index in [9.17, 15) is 30.7 Å². The summed E-state index contributed by atoms with van der Waals surface area (Å²) in [5, 5.41) is 0. The van der Waals surface area contributed by atoms with Crippen LogP contribution in [0.2, 0.25) is 16.6 Å². The summed E-state index contributed by atoms with van der Waals surface area (Å²) >= 11 is 3.17. The van der Waals surface area contributed by atoms with E-state index in [1.165, 1.54) is 53.8 Å². The quantitative estimate of drug-likeness (QED) is 0.0560. The number of terminal acetylenes is 1. The van der Waals surface area contributed by atoms with Crippen molar-refractivity contribution in [1.29, 1.82) is 0 Å². The van der Waals surface area contributed by atoms with E-state index in [0.717, 1.165) is 91.3 Å². The molecule has 3 saturated carbocycles. The van der Waals surface area contributed by atoms with Gasteiger partial charge in [-0.25, -0.2) is 0 Å². The zero-order chi connectivity index (χ0) is 58.7. The predicted molar refractivity (Wildman–Crippen MR) is 323 cm³/mol. The molecule has 0 amide bonds. The van der Waals surface area contributed by atoms with Gasteiger partial charge >= 0.3 is 13.2 Å². The molecule has 1 saturated heterocycles. The van der Waals surface area contributed by atoms with Gasteiger partial charge in [-0.3, -0.25) is 13.2 Å². The second-order valence-electron chi connectivity index (χ2n) is 22.5. The third kappa shape index (κ3) is 22.0. The molecule has 0 bridgehead atoms. The third-order valence-electron chi connectivity index (χ3n) is 16.1. The molecule has 0 N–H and O–H groups in total. The Kier molecular flexibility index (Phi) is 28.6. The number of benzene rings is 5. The zero-order valence-corrected chi connectivity index (χ0v) is 50.6. The Bertz CT molecular complexity index is 2740. The lowest BCUT2D eigenvalue weighted by molar-refractivity contribution is -0.0505. The molecule has 4 aliphatic rings. The summed E-state index contributed by atoms with van der Waals surface area (Å²) in [5.41, 5.74) is 13.5. The second-order valence-corrected chi connectivity index (χ2v) is 29.0. The van der Waals surface area contributed by atoms with Crippen molar-refractivity contribution in [2.45, 2.75) is 160 Å². The van der Waals surface area contributed by atoms with Crippen LogP contribution in [-0.4, -0.2) is 54.5 Å². The molecule has 5 aromatic carbocycles. The molecule has 1 heterocycles. The van der Waals surface area contributed by atoms with Crippen LogP contribution in [0.25, 0.3) is 0 Å². The first kappa shape index (κ1) is 66.3. The first-order valence-corrected chi connectivity index (χ1v) is 31.8. The molecule has 0 aromatic heterocycles. The molecular weight excluding hydrogens is 1120 g/mol. The van der Waals surface area contributed by atoms with Gasteiger partial charge in [0.2, 0.25) is 0 Å². The number of rotatable bonds is 16. The molecule has 9 rings (SSSR count). The van der Waals surface area contributed by atoms with Crippen LogP contribution in [0, 0.1) is 53.4 Å². The summed E-state index contributed by atoms with van der Waals surface area (Å²) in [6, 6.07) is 37.5. The van der Waals surface area contributed by atoms with Crippen molar-refractivity contribution < 1.29 is 44.9 Å². The third-order valence-corrected chi connectivity index (χ3v) is 22.9. The average molecular weight is 1200 g/mol. The first-order valence-electron chi connectivity index (χ1n) is 28.8. The van der Waals surface area contributed by atoms with Crippen molar-refractivity contribution in [1.82, 2.24) is 0 Å². The van der Waals surface area contributed by atoms with Gasteiger partial charge in [-0.15, -0.1) is 12.0 Å². The van der Waals surface area contributed by atoms with E-state index in [-0.39, 0.29) is 31.5 Å². The van der Waals surface area contributed by atoms with Crippen LogP contribution in [-0.2, 0) is 4.74 Å². The average Bonchev–Trinajstić information content (AvgIpc) is 4.07. The fourth-order valence-electron chi connectivity index (χ4n) is 11.4. The standard InChI is InChI=1S/C23H35FSi.C21H19F3O.C14H15F.C7H5BrF2O.C4H8O/c1-17(2)25(18(3)4,19(5)6)13-11-20-8-7-9-22(14-20)23-15-21(16-23)10-12-24;22-11-10-17-13-19(14-17)18-3-1-2-16(12-18)5-4-15-6-8-20(9-7-15)25-21(23)24;1-2-11-4-3-5-13(8-11)14-9-12(10-14)6-7-15;8-5-1-3-6(4-2-5)11-7(9)10;1-2-4-5-3-1/h7-9,14,17-19,21,23H,10,12,15-16H2,1-6H3;1-3,6-9,12,17,19,21H,10-11,13-14H2;1,3-5,8,12,14H,6-7,9-10H2;1-4,7H;1-4H2. The monoisotopic (exact) mass is 1200 g/mol. The maximum absolute atomic E-state index is 12.5. The largest absolute Gasteiger partial charge is 0.435 e. The van der Waals surface area contributed by atoms with E-state index < -0.39 is 21.3 Å². The highest BCUT2D eigenvalue weighted by Gasteiger charge is 2.42. The summed E-state index contributed by atoms with van der Waals surface area (Å²) in [5.74, 6) is 16.0. The number of halogens is 8. The SMILES string of the molecule is C#Cc1cccc(C2CC(CCF)C2)c1.C1CCOC1.CC(C)[Si](C#Cc1cccc(C2CC(CCF)C2)c1)(C(C)C)C(C)C.FC(F)Oc1ccc(Br)cc1.FCCC1CC(c2cccc(C#Cc3ccc(OC(F)F)cc3)c2)C1. The molecule has 81 heavy (non-hydrogen) atoms. The second kappa shape index (κ2) is 34.9. The Morgan fingerprint density at radius 1 is 0.506 bits per heavy atom. The minimum absolute atomic E-state index is 0.121. The highest BCUT2D eigenvalue weighted by molar-refractivity contribution is 9.10. The molecule has 0 unspecified atom stereocenters. The van der Waals surface area contributed by atoms with Crippen molar-refractivity contribution in [2.24, 2.45) is 17.8 Å². The lowest BCUT2D eigenvalue weighted by atomic mass is 9.70. The maximum atomic E-state index is 12.5. The van der Waals surface area contributed by atoms with E-state index in [1.54, 1.807) is 24.3 Å². The Hall–Kier alpha value is -5.45. The van der Waals surface area contributed by atoms with Crippen molar-refractivity contribution in [3.05, 3.63) is 165 Å². The Morgan fingerprint density at radius 3 is 1.21 bits per heavy atom. The highest BCUT2D eigenvalue weighted by atomic mass is 79.9. The van der Waals surface area contributed by atoms with E-state index >= 15 is 0 Å². The summed E-state index contributed by atoms with van der Waals surface area (Å²) in [6.07, 6.45) is 16.7. The Balaban J connectivity index is 0.000000200. The van der Waals surface area contributed by atoms with Crippen molar-refractivity contribution in [3.63, 3.8) is 0 Å². The van der Waals surface area contributed by atoms with Crippen LogP contribution in [0.5, 0.6) is 11.5 Å². The van der Waals surface area contributed by atoms with Gasteiger partial charge in [-0.05, 0) is 224 Å². The molecule has 1 aliphatic heterocycles. The van der Waals surface area contributed by atoms with E-state index in [0.29, 0.717) is 58.6 Å². The molecule has 0 spiro atoms. The topological polar surface area (TPSA) is 27.7 Å². The minimum Gasteiger partial charge on any atom is -0.435 e. The van der Waals surface area contributed by atoms with E-state index in [4.69, 9.17) is 11.2 Å². The lowest BCUT2D eigenvalue weighted by Crippen LogP contribution is -2.43. The number of ether oxygens (including phenoxy) is 3. The first-order chi connectivity index (χ1) is 39.0. The summed E-state index contributed by atoms with van der Waals surface area (Å²) in [7, 11) is -1.67. The van der Waals surface area contributed by atoms with Crippen molar-refractivity contribution in [3.8, 4) is 47.1 Å². The fraction of sp³-hybridized carbons (Fsp3) is 0.478. The van der Waals surface area contributed by atoms with Gasteiger partial charge in [0, 0.05) is 39.9 Å². The van der Waals surface area contributed by atoms with E-state index in [2.05, 4.69) is 145 Å². The number of hydrogen-bond donors (Lipinski definition) is 0. The zero-order valence-electron chi connectivity index (χ0n) is 48.0. The highest BCUT2D eigenvalue weighted by Crippen LogP contribution is 2.46. The number of alkyl halides is 7. The Morgan fingerprint density at radius 2 is 0.864 bits per heavy atom. The van der Waals surface area contributed by atoms with Crippen LogP contribution < -0.4 is 9.47 Å². The number of hydrogen-bond acceptors (Lipinski definition) is 3. The van der Waals surface area contributed by atoms with Gasteiger partial charge in [0.1, 0.15) is 19.6 Å². The van der Waals surface area contributed by atoms with E-state index in [1.807, 2.05) is 24.3 Å². The van der Waals surface area contributed by atoms with Crippen molar-refractivity contribution in [2.75, 3.05) is 33.2 Å². The molecular formula is C69H82BrF7O3Si. The van der Waals surface area contributed by atoms with Crippen molar-refractivity contribution >= 4 is 24.0 Å². The molecule has 12 heteroatoms. The van der Waals surface area contributed by atoms with Crippen LogP contribution in [0.3, 0.4) is 0 Å². The predicted octanol–water partition coefficient (Wildman–Crippen LogP) is 20.0. The molecule has 3 aliphatic carbocycles. The van der Waals surface area contributed by atoms with Crippen LogP contribution in [0.4, 0.5) is 30.7 Å².